The van der Waals surface area contributed by atoms with Crippen LogP contribution in [0.2, 0.25) is 0 Å². The Kier molecular flexibility index (Phi) is 4.05. The van der Waals surface area contributed by atoms with Crippen molar-refractivity contribution in [2.75, 3.05) is 0 Å². The van der Waals surface area contributed by atoms with Gasteiger partial charge in [0, 0.05) is 11.1 Å². The highest BCUT2D eigenvalue weighted by Gasteiger charge is 2.41. The standard InChI is InChI=1S/C23H17NO2/c1-15-11-13-17(14-12-15)24-21(16-7-3-2-4-8-16)20-22(25)18-9-5-6-10-19(18)23(20)26/h2-14,20H,1H3. The molecule has 0 aliphatic heterocycles. The van der Waals surface area contributed by atoms with Gasteiger partial charge in [0.25, 0.3) is 0 Å². The zero-order valence-electron chi connectivity index (χ0n) is 14.3. The molecule has 4 rings (SSSR count). The zero-order valence-corrected chi connectivity index (χ0v) is 14.3. The maximum absolute atomic E-state index is 13.0. The van der Waals surface area contributed by atoms with E-state index >= 15 is 0 Å². The Balaban J connectivity index is 1.86. The molecular weight excluding hydrogens is 322 g/mol. The van der Waals surface area contributed by atoms with Crippen molar-refractivity contribution < 1.29 is 9.59 Å². The summed E-state index contributed by atoms with van der Waals surface area (Å²) in [6.45, 7) is 2.01. The zero-order chi connectivity index (χ0) is 18.1. The maximum atomic E-state index is 13.0. The van der Waals surface area contributed by atoms with Gasteiger partial charge in [0.15, 0.2) is 11.6 Å². The average molecular weight is 339 g/mol. The van der Waals surface area contributed by atoms with E-state index < -0.39 is 5.92 Å². The van der Waals surface area contributed by atoms with Crippen molar-refractivity contribution in [3.8, 4) is 0 Å². The number of nitrogens with zero attached hydrogens (tertiary/aromatic N) is 1. The third-order valence-electron chi connectivity index (χ3n) is 4.61. The van der Waals surface area contributed by atoms with Gasteiger partial charge in [-0.1, -0.05) is 72.3 Å². The van der Waals surface area contributed by atoms with E-state index in [9.17, 15) is 9.59 Å². The summed E-state index contributed by atoms with van der Waals surface area (Å²) >= 11 is 0. The molecule has 1 aliphatic rings. The van der Waals surface area contributed by atoms with Gasteiger partial charge in [-0.3, -0.25) is 14.6 Å². The van der Waals surface area contributed by atoms with E-state index in [-0.39, 0.29) is 11.6 Å². The van der Waals surface area contributed by atoms with Gasteiger partial charge in [-0.25, -0.2) is 0 Å². The van der Waals surface area contributed by atoms with Gasteiger partial charge in [0.1, 0.15) is 5.92 Å². The first kappa shape index (κ1) is 16.2. The number of rotatable bonds is 3. The fourth-order valence-corrected chi connectivity index (χ4v) is 3.25. The molecule has 3 heteroatoms. The van der Waals surface area contributed by atoms with Gasteiger partial charge in [0.2, 0.25) is 0 Å². The van der Waals surface area contributed by atoms with Crippen molar-refractivity contribution in [2.45, 2.75) is 6.92 Å². The molecule has 0 amide bonds. The van der Waals surface area contributed by atoms with E-state index in [0.29, 0.717) is 16.8 Å². The van der Waals surface area contributed by atoms with Crippen molar-refractivity contribution in [1.82, 2.24) is 0 Å². The minimum atomic E-state index is -0.892. The van der Waals surface area contributed by atoms with E-state index in [0.717, 1.165) is 16.8 Å². The number of aliphatic imine (C=N–C) groups is 1. The Hall–Kier alpha value is -3.33. The molecule has 0 aromatic heterocycles. The van der Waals surface area contributed by atoms with Crippen molar-refractivity contribution >= 4 is 23.0 Å². The summed E-state index contributed by atoms with van der Waals surface area (Å²) in [6.07, 6.45) is 0. The first-order chi connectivity index (χ1) is 12.6. The first-order valence-electron chi connectivity index (χ1n) is 8.53. The lowest BCUT2D eigenvalue weighted by Crippen LogP contribution is -2.26. The first-order valence-corrected chi connectivity index (χ1v) is 8.53. The van der Waals surface area contributed by atoms with E-state index in [1.165, 1.54) is 0 Å². The molecule has 0 N–H and O–H groups in total. The Bertz CT molecular complexity index is 983. The van der Waals surface area contributed by atoms with Crippen LogP contribution in [0.1, 0.15) is 31.8 Å². The summed E-state index contributed by atoms with van der Waals surface area (Å²) in [6, 6.07) is 24.2. The molecule has 1 aliphatic carbocycles. The van der Waals surface area contributed by atoms with Crippen LogP contribution in [0.15, 0.2) is 83.9 Å². The number of benzene rings is 3. The molecule has 0 unspecified atom stereocenters. The van der Waals surface area contributed by atoms with Gasteiger partial charge < -0.3 is 0 Å². The molecule has 0 atom stereocenters. The number of hydrogen-bond donors (Lipinski definition) is 0. The predicted molar refractivity (Wildman–Crippen MR) is 102 cm³/mol. The summed E-state index contributed by atoms with van der Waals surface area (Å²) in [4.78, 5) is 30.6. The molecule has 0 saturated carbocycles. The van der Waals surface area contributed by atoms with Crippen LogP contribution in [-0.2, 0) is 0 Å². The van der Waals surface area contributed by atoms with E-state index in [1.807, 2.05) is 61.5 Å². The average Bonchev–Trinajstić information content (AvgIpc) is 2.93. The molecule has 0 bridgehead atoms. The third kappa shape index (κ3) is 2.78. The van der Waals surface area contributed by atoms with Crippen LogP contribution in [0.25, 0.3) is 0 Å². The van der Waals surface area contributed by atoms with Crippen LogP contribution < -0.4 is 0 Å². The number of carbonyl (C=O) groups excluding carboxylic acids is 2. The highest BCUT2D eigenvalue weighted by molar-refractivity contribution is 6.39. The van der Waals surface area contributed by atoms with Gasteiger partial charge in [-0.05, 0) is 24.6 Å². The smallest absolute Gasteiger partial charge is 0.180 e. The summed E-state index contributed by atoms with van der Waals surface area (Å²) in [7, 11) is 0. The number of Topliss-reactive ketones (excluding diaryl/α,β-unsaturated/α-hetero) is 2. The van der Waals surface area contributed by atoms with Gasteiger partial charge >= 0.3 is 0 Å². The van der Waals surface area contributed by atoms with Crippen molar-refractivity contribution in [3.05, 3.63) is 101 Å². The lowest BCUT2D eigenvalue weighted by Gasteiger charge is -2.12. The van der Waals surface area contributed by atoms with E-state index in [1.54, 1.807) is 24.3 Å². The number of aryl methyl sites for hydroxylation is 1. The van der Waals surface area contributed by atoms with Gasteiger partial charge in [-0.15, -0.1) is 0 Å². The molecule has 3 aromatic rings. The fraction of sp³-hybridized carbons (Fsp3) is 0.0870. The van der Waals surface area contributed by atoms with Crippen LogP contribution in [-0.4, -0.2) is 17.3 Å². The van der Waals surface area contributed by atoms with Gasteiger partial charge in [0.05, 0.1) is 11.4 Å². The topological polar surface area (TPSA) is 46.5 Å². The molecule has 0 saturated heterocycles. The molecule has 26 heavy (non-hydrogen) atoms. The predicted octanol–water partition coefficient (Wildman–Crippen LogP) is 4.81. The van der Waals surface area contributed by atoms with Crippen LogP contribution >= 0.6 is 0 Å². The molecule has 3 aromatic carbocycles. The molecule has 0 heterocycles. The van der Waals surface area contributed by atoms with E-state index in [4.69, 9.17) is 4.99 Å². The summed E-state index contributed by atoms with van der Waals surface area (Å²) in [5, 5.41) is 0. The quantitative estimate of drug-likeness (QED) is 0.508. The number of hydrogen-bond acceptors (Lipinski definition) is 3. The van der Waals surface area contributed by atoms with Gasteiger partial charge in [-0.2, -0.15) is 0 Å². The van der Waals surface area contributed by atoms with Crippen LogP contribution in [0.4, 0.5) is 5.69 Å². The van der Waals surface area contributed by atoms with Crippen molar-refractivity contribution in [3.63, 3.8) is 0 Å². The summed E-state index contributed by atoms with van der Waals surface area (Å²) in [5.74, 6) is -1.25. The Morgan fingerprint density at radius 1 is 0.731 bits per heavy atom. The molecule has 0 spiro atoms. The number of ketones is 2. The minimum absolute atomic E-state index is 0.180. The third-order valence-corrected chi connectivity index (χ3v) is 4.61. The Morgan fingerprint density at radius 3 is 1.85 bits per heavy atom. The normalized spacial score (nSPS) is 14.6. The SMILES string of the molecule is Cc1ccc(N=C(c2ccccc2)C2C(=O)c3ccccc3C2=O)cc1. The lowest BCUT2D eigenvalue weighted by molar-refractivity contribution is 0.0884. The Morgan fingerprint density at radius 2 is 1.27 bits per heavy atom. The largest absolute Gasteiger partial charge is 0.293 e. The highest BCUT2D eigenvalue weighted by Crippen LogP contribution is 2.31. The van der Waals surface area contributed by atoms with E-state index in [2.05, 4.69) is 0 Å². The molecule has 0 radical (unpaired) electrons. The van der Waals surface area contributed by atoms with Crippen LogP contribution in [0.5, 0.6) is 0 Å². The second-order valence-electron chi connectivity index (χ2n) is 6.41. The molecule has 126 valence electrons. The van der Waals surface area contributed by atoms with Crippen molar-refractivity contribution in [2.24, 2.45) is 10.9 Å². The highest BCUT2D eigenvalue weighted by atomic mass is 16.2. The second kappa shape index (κ2) is 6.52. The minimum Gasteiger partial charge on any atom is -0.293 e. The fourth-order valence-electron chi connectivity index (χ4n) is 3.25. The summed E-state index contributed by atoms with van der Waals surface area (Å²) < 4.78 is 0. The molecule has 0 fully saturated rings. The number of fused-ring (bicyclic) bond motifs is 1. The lowest BCUT2D eigenvalue weighted by atomic mass is 9.92. The number of carbonyl (C=O) groups is 2. The Labute approximate surface area is 152 Å². The second-order valence-corrected chi connectivity index (χ2v) is 6.41. The molecular formula is C23H17NO2. The summed E-state index contributed by atoms with van der Waals surface area (Å²) in [5.41, 5.74) is 4.11. The van der Waals surface area contributed by atoms with Crippen molar-refractivity contribution in [1.29, 1.82) is 0 Å². The molecule has 3 nitrogen and oxygen atoms in total. The monoisotopic (exact) mass is 339 g/mol. The van der Waals surface area contributed by atoms with Crippen LogP contribution in [0, 0.1) is 12.8 Å². The maximum Gasteiger partial charge on any atom is 0.180 e. The van der Waals surface area contributed by atoms with Crippen LogP contribution in [0.3, 0.4) is 0 Å².